The summed E-state index contributed by atoms with van der Waals surface area (Å²) >= 11 is 3.49. The molecule has 0 aromatic heterocycles. The molecule has 0 aliphatic carbocycles. The highest BCUT2D eigenvalue weighted by Gasteiger charge is 2.24. The normalized spacial score (nSPS) is 13.7. The van der Waals surface area contributed by atoms with Crippen LogP contribution >= 0.6 is 15.9 Å². The van der Waals surface area contributed by atoms with E-state index in [2.05, 4.69) is 72.2 Å². The molecule has 174 valence electrons. The van der Waals surface area contributed by atoms with Gasteiger partial charge in [0.25, 0.3) is 0 Å². The van der Waals surface area contributed by atoms with Gasteiger partial charge in [-0.1, -0.05) is 36.7 Å². The first-order valence-electron chi connectivity index (χ1n) is 10.8. The summed E-state index contributed by atoms with van der Waals surface area (Å²) in [6, 6.07) is 4.53. The Hall–Kier alpha value is -3.01. The number of carbonyl (C=O) groups excluding carboxylic acids is 1. The Morgan fingerprint density at radius 1 is 1.30 bits per heavy atom. The average Bonchev–Trinajstić information content (AvgIpc) is 3.24. The quantitative estimate of drug-likeness (QED) is 0.477. The molecule has 0 unspecified atom stereocenters. The largest absolute Gasteiger partial charge is 0.369 e. The summed E-state index contributed by atoms with van der Waals surface area (Å²) in [7, 11) is 1.65. The van der Waals surface area contributed by atoms with Crippen LogP contribution in [0.3, 0.4) is 0 Å². The van der Waals surface area contributed by atoms with Crippen LogP contribution in [0.1, 0.15) is 27.2 Å². The lowest BCUT2D eigenvalue weighted by atomic mass is 9.92. The molecule has 4 rings (SSSR count). The molecule has 0 atom stereocenters. The summed E-state index contributed by atoms with van der Waals surface area (Å²) in [6.45, 7) is 8.29. The molecule has 3 heterocycles. The second-order valence-electron chi connectivity index (χ2n) is 9.16. The Labute approximate surface area is 200 Å². The van der Waals surface area contributed by atoms with Crippen molar-refractivity contribution < 1.29 is 9.18 Å². The number of aromatic nitrogens is 3. The van der Waals surface area contributed by atoms with Gasteiger partial charge in [-0.25, -0.2) is 14.2 Å². The first-order valence-corrected chi connectivity index (χ1v) is 11.6. The molecule has 1 aromatic carbocycles. The van der Waals surface area contributed by atoms with E-state index in [0.29, 0.717) is 16.6 Å². The Balaban J connectivity index is 1.70. The number of anilines is 2. The minimum absolute atomic E-state index is 0.0974. The van der Waals surface area contributed by atoms with E-state index < -0.39 is 11.8 Å². The van der Waals surface area contributed by atoms with Crippen LogP contribution in [0.25, 0.3) is 22.5 Å². The molecule has 8 nitrogen and oxygen atoms in total. The number of benzene rings is 1. The first kappa shape index (κ1) is 23.2. The van der Waals surface area contributed by atoms with Gasteiger partial charge in [0.05, 0.1) is 5.69 Å². The van der Waals surface area contributed by atoms with Crippen LogP contribution in [0.15, 0.2) is 33.9 Å². The van der Waals surface area contributed by atoms with Gasteiger partial charge in [0.1, 0.15) is 17.5 Å². The van der Waals surface area contributed by atoms with Crippen molar-refractivity contribution in [2.45, 2.75) is 33.7 Å². The van der Waals surface area contributed by atoms with Gasteiger partial charge in [-0.05, 0) is 30.0 Å². The van der Waals surface area contributed by atoms with Gasteiger partial charge in [0, 0.05) is 54.0 Å². The lowest BCUT2D eigenvalue weighted by Crippen LogP contribution is -2.31. The van der Waals surface area contributed by atoms with E-state index in [4.69, 9.17) is 0 Å². The molecule has 1 aromatic rings. The Bertz CT molecular complexity index is 1250. The monoisotopic (exact) mass is 515 g/mol. The minimum atomic E-state index is -0.521. The van der Waals surface area contributed by atoms with Crippen molar-refractivity contribution in [3.8, 4) is 22.5 Å². The second-order valence-corrected chi connectivity index (χ2v) is 10.0. The lowest BCUT2D eigenvalue weighted by Gasteiger charge is -2.19. The van der Waals surface area contributed by atoms with Crippen LogP contribution in [-0.2, 0) is 6.54 Å². The van der Waals surface area contributed by atoms with Crippen LogP contribution < -0.4 is 21.6 Å². The predicted octanol–water partition coefficient (Wildman–Crippen LogP) is 4.47. The van der Waals surface area contributed by atoms with Crippen molar-refractivity contribution in [3.05, 3.63) is 40.3 Å². The smallest absolute Gasteiger partial charge is 0.319 e. The number of nitrogens with zero attached hydrogens (tertiary/aromatic N) is 4. The minimum Gasteiger partial charge on any atom is -0.369 e. The van der Waals surface area contributed by atoms with Crippen LogP contribution in [0, 0.1) is 11.2 Å². The zero-order chi connectivity index (χ0) is 23.8. The Kier molecular flexibility index (Phi) is 6.38. The predicted molar refractivity (Wildman–Crippen MR) is 131 cm³/mol. The third-order valence-electron chi connectivity index (χ3n) is 5.45. The molecule has 0 radical (unpaired) electrons. The van der Waals surface area contributed by atoms with Crippen molar-refractivity contribution in [2.24, 2.45) is 10.4 Å². The second kappa shape index (κ2) is 9.09. The molecule has 0 saturated carbocycles. The summed E-state index contributed by atoms with van der Waals surface area (Å²) in [5, 5.41) is 8.84. The van der Waals surface area contributed by atoms with E-state index in [-0.39, 0.29) is 11.1 Å². The number of rotatable bonds is 4. The van der Waals surface area contributed by atoms with E-state index in [1.165, 1.54) is 6.07 Å². The lowest BCUT2D eigenvalue weighted by molar-refractivity contribution is 0.250. The van der Waals surface area contributed by atoms with E-state index in [1.807, 2.05) is 6.07 Å². The first-order chi connectivity index (χ1) is 15.7. The summed E-state index contributed by atoms with van der Waals surface area (Å²) < 4.78 is 17.4. The molecule has 0 spiro atoms. The maximum Gasteiger partial charge on any atom is 0.319 e. The van der Waals surface area contributed by atoms with Gasteiger partial charge in [0.15, 0.2) is 0 Å². The number of fused-ring (bicyclic) bond motifs is 3. The molecule has 2 amide bonds. The molecule has 33 heavy (non-hydrogen) atoms. The summed E-state index contributed by atoms with van der Waals surface area (Å²) in [5.41, 5.74) is 3.06. The van der Waals surface area contributed by atoms with E-state index >= 15 is 0 Å². The highest BCUT2D eigenvalue weighted by atomic mass is 79.9. The average molecular weight is 516 g/mol. The van der Waals surface area contributed by atoms with E-state index in [0.717, 1.165) is 47.8 Å². The highest BCUT2D eigenvalue weighted by molar-refractivity contribution is 9.10. The van der Waals surface area contributed by atoms with Gasteiger partial charge in [0.2, 0.25) is 5.62 Å². The Morgan fingerprint density at radius 2 is 2.09 bits per heavy atom. The van der Waals surface area contributed by atoms with Crippen molar-refractivity contribution >= 4 is 33.5 Å². The third-order valence-corrected chi connectivity index (χ3v) is 6.10. The number of hydrogen-bond donors (Lipinski definition) is 3. The fourth-order valence-electron chi connectivity index (χ4n) is 3.74. The number of carbonyl (C=O) groups is 1. The van der Waals surface area contributed by atoms with Crippen molar-refractivity contribution in [2.75, 3.05) is 30.8 Å². The number of nitrogens with one attached hydrogen (secondary N) is 3. The van der Waals surface area contributed by atoms with Gasteiger partial charge >= 0.3 is 6.03 Å². The zero-order valence-electron chi connectivity index (χ0n) is 19.1. The number of urea groups is 1. The standard InChI is InChI=1S/C23H27BrFN7O/c1-23(2,3)5-6-28-22(33)30-18-10-14(16(24)11-17(18)25)15-9-13-12-29-21(26-4)31-19(13)32-8-7-27-20(15)32/h9-12,27H,5-8H2,1-4H3,(H2,28,30,33). The maximum absolute atomic E-state index is 14.7. The SMILES string of the molecule is CN=c1ncc2cc(-c3cc(NC(=O)NCCC(C)(C)C)c(F)cc3Br)c3n(c-2n1)CCN3. The fraction of sp³-hybridized carbons (Fsp3) is 0.391. The van der Waals surface area contributed by atoms with Crippen molar-refractivity contribution in [3.63, 3.8) is 0 Å². The van der Waals surface area contributed by atoms with Crippen LogP contribution in [0.5, 0.6) is 0 Å². The molecular formula is C23H27BrFN7O. The van der Waals surface area contributed by atoms with Gasteiger partial charge < -0.3 is 20.5 Å². The van der Waals surface area contributed by atoms with Gasteiger partial charge in [-0.3, -0.25) is 4.99 Å². The van der Waals surface area contributed by atoms with Crippen LogP contribution in [-0.4, -0.2) is 40.7 Å². The van der Waals surface area contributed by atoms with Crippen LogP contribution in [0.2, 0.25) is 0 Å². The molecule has 0 bridgehead atoms. The van der Waals surface area contributed by atoms with Gasteiger partial charge in [-0.2, -0.15) is 4.98 Å². The Morgan fingerprint density at radius 3 is 2.82 bits per heavy atom. The van der Waals surface area contributed by atoms with Gasteiger partial charge in [-0.15, -0.1) is 0 Å². The molecule has 3 aliphatic heterocycles. The highest BCUT2D eigenvalue weighted by Crippen LogP contribution is 2.41. The summed E-state index contributed by atoms with van der Waals surface area (Å²) in [4.78, 5) is 25.3. The van der Waals surface area contributed by atoms with E-state index in [1.54, 1.807) is 19.3 Å². The number of halogens is 2. The molecular weight excluding hydrogens is 489 g/mol. The number of pyridine rings is 1. The molecule has 0 saturated heterocycles. The van der Waals surface area contributed by atoms with E-state index in [9.17, 15) is 9.18 Å². The zero-order valence-corrected chi connectivity index (χ0v) is 20.7. The fourth-order valence-corrected chi connectivity index (χ4v) is 4.27. The molecule has 3 N–H and O–H groups in total. The number of amides is 2. The molecule has 10 heteroatoms. The third kappa shape index (κ3) is 5.00. The van der Waals surface area contributed by atoms with Crippen molar-refractivity contribution in [1.29, 1.82) is 0 Å². The summed E-state index contributed by atoms with van der Waals surface area (Å²) in [5.74, 6) is 1.13. The molecule has 3 aliphatic rings. The molecule has 0 fully saturated rings. The summed E-state index contributed by atoms with van der Waals surface area (Å²) in [6.07, 6.45) is 2.55. The topological polar surface area (TPSA) is 96.2 Å². The maximum atomic E-state index is 14.7. The number of hydrogen-bond acceptors (Lipinski definition) is 5. The van der Waals surface area contributed by atoms with Crippen molar-refractivity contribution in [1.82, 2.24) is 19.9 Å². The van der Waals surface area contributed by atoms with Crippen LogP contribution in [0.4, 0.5) is 20.7 Å².